The zero-order valence-corrected chi connectivity index (χ0v) is 65.9. The lowest BCUT2D eigenvalue weighted by Gasteiger charge is -2.48. The summed E-state index contributed by atoms with van der Waals surface area (Å²) in [6, 6.07) is 4.76. The summed E-state index contributed by atoms with van der Waals surface area (Å²) in [5.41, 5.74) is 14.0. The van der Waals surface area contributed by atoms with E-state index in [0.29, 0.717) is 99.0 Å². The number of hydrogen-bond acceptors (Lipinski definition) is 43. The fourth-order valence-corrected chi connectivity index (χ4v) is 17.4. The Morgan fingerprint density at radius 3 is 1.22 bits per heavy atom. The zero-order valence-electron chi connectivity index (χ0n) is 65.1. The minimum Gasteiger partial charge on any atom is -0.394 e. The summed E-state index contributed by atoms with van der Waals surface area (Å²) in [5.74, 6) is 0.209. The number of thioether (sulfide) groups is 1. The number of amides is 3. The monoisotopic (exact) mass is 1730 g/mol. The maximum absolute atomic E-state index is 14.0. The van der Waals surface area contributed by atoms with Gasteiger partial charge in [0.15, 0.2) is 37.7 Å². The van der Waals surface area contributed by atoms with Gasteiger partial charge in [0.1, 0.15) is 152 Å². The number of aliphatic hydroxyl groups excluding tert-OH is 20. The van der Waals surface area contributed by atoms with Crippen LogP contribution in [0.2, 0.25) is 0 Å². The van der Waals surface area contributed by atoms with Gasteiger partial charge in [-0.25, -0.2) is 0 Å². The van der Waals surface area contributed by atoms with Crippen molar-refractivity contribution < 1.29 is 178 Å². The molecule has 0 aliphatic carbocycles. The van der Waals surface area contributed by atoms with Gasteiger partial charge in [0.05, 0.1) is 64.1 Å². The number of fused-ring (bicyclic) bond motifs is 1. The molecule has 8 saturated heterocycles. The van der Waals surface area contributed by atoms with Gasteiger partial charge in [0.25, 0.3) is 11.8 Å². The van der Waals surface area contributed by atoms with Crippen molar-refractivity contribution in [3.8, 4) is 0 Å². The number of carbonyl (C=O) groups is 4. The first-order valence-electron chi connectivity index (χ1n) is 40.2. The van der Waals surface area contributed by atoms with Gasteiger partial charge in [-0.15, -0.1) is 11.1 Å². The van der Waals surface area contributed by atoms with Crippen molar-refractivity contribution in [3.05, 3.63) is 58.7 Å². The minimum atomic E-state index is -1.99. The Morgan fingerprint density at radius 1 is 0.437 bits per heavy atom. The number of carbonyl (C=O) groups excluding carboxylic acids is 4. The summed E-state index contributed by atoms with van der Waals surface area (Å²) in [6.45, 7) is -3.70. The Bertz CT molecular complexity index is 3440. The number of hydrogen-bond donors (Lipinski definition) is 27. The zero-order chi connectivity index (χ0) is 85.5. The van der Waals surface area contributed by atoms with E-state index < -0.39 is 236 Å². The van der Waals surface area contributed by atoms with Crippen LogP contribution in [-0.4, -0.2) is 416 Å². The van der Waals surface area contributed by atoms with Gasteiger partial charge in [-0.1, -0.05) is 19.3 Å². The molecule has 12 unspecified atom stereocenters. The number of Topliss-reactive ketones (excluding diaryl/α,β-unsaturated/α-hetero) is 1. The third kappa shape index (κ3) is 23.8. The van der Waals surface area contributed by atoms with Crippen molar-refractivity contribution in [1.29, 1.82) is 0 Å². The van der Waals surface area contributed by atoms with E-state index in [-0.39, 0.29) is 68.0 Å². The maximum atomic E-state index is 14.0. The quantitative estimate of drug-likeness (QED) is 0.0270. The van der Waals surface area contributed by atoms with Gasteiger partial charge in [-0.05, 0) is 80.4 Å². The number of nitrogens with one attached hydrogen (secondary N) is 7. The molecule has 0 spiro atoms. The van der Waals surface area contributed by atoms with E-state index in [2.05, 4.69) is 37.9 Å². The molecule has 0 radical (unpaired) electrons. The van der Waals surface area contributed by atoms with E-state index in [4.69, 9.17) is 56.8 Å². The smallest absolute Gasteiger partial charge is 0.251 e. The Labute approximate surface area is 687 Å². The highest BCUT2D eigenvalue weighted by Crippen LogP contribution is 2.41. The van der Waals surface area contributed by atoms with Crippen LogP contribution in [0.25, 0.3) is 0 Å². The summed E-state index contributed by atoms with van der Waals surface area (Å²) >= 11 is 1.85. The molecule has 1 aromatic rings. The molecule has 3 amide bonds. The normalized spacial score (nSPS) is 39.2. The predicted octanol–water partition coefficient (Wildman–Crippen LogP) is -11.6. The molecule has 119 heavy (non-hydrogen) atoms. The lowest BCUT2D eigenvalue weighted by Crippen LogP contribution is -2.66. The lowest BCUT2D eigenvalue weighted by atomic mass is 9.96. The van der Waals surface area contributed by atoms with Crippen molar-refractivity contribution in [2.24, 2.45) is 5.92 Å². The van der Waals surface area contributed by atoms with E-state index in [1.807, 2.05) is 11.8 Å². The standard InChI is InChI=1S/C73H117N9O36S/c83-25-39-48(91)50(93)56(99)70(109-39)115-64-43(29-87)113-72(60(103)54(64)97)117-62-41(27-85)111-68(58(101)52(62)95)107-14-8-2-1-6-12-81-23-36(77-79-81)21-74-66(105)33-16-32(18-38(89)10-4-5-11-45-47-35(31-119-45)20-46(90)76-47)17-34(19-33)67(106)75-22-37-24-82(80-78-37)13-7-3-9-15-108-69-59(102)53(96)63(42(28-86)112-69)118-73-61(104)55(98)65(44(30-88)114-73)116-71-57(100)51(94)49(92)40(26-84)110-71/h16-17,19,23-24,35,39-45,47-65,68-73,77-80,83-88,91-104H,1-15,18,20-22,25-31H2,(H,74,105)(H,75,106)(H,76,90)/t35-,39?,40?,41?,42?,43?,44?,45-,47-,48+,49+,50+,51+,52-,53-,54-,55-,56?,57?,58?,59?,60?,61?,62-,63-,64+,65+,68-,69-,70+,71+,72+,73+/m1/s1. The van der Waals surface area contributed by atoms with Crippen molar-refractivity contribution in [3.63, 3.8) is 0 Å². The molecule has 46 heteroatoms. The van der Waals surface area contributed by atoms with E-state index in [1.54, 1.807) is 34.6 Å². The summed E-state index contributed by atoms with van der Waals surface area (Å²) in [6.07, 6.45) is -40.2. The molecular weight excluding hydrogens is 1610 g/mol. The number of hydrazine groups is 4. The molecule has 676 valence electrons. The van der Waals surface area contributed by atoms with Crippen molar-refractivity contribution in [1.82, 2.24) is 47.9 Å². The summed E-state index contributed by atoms with van der Waals surface area (Å²) in [7, 11) is 0. The molecule has 10 aliphatic rings. The van der Waals surface area contributed by atoms with Crippen LogP contribution in [0.15, 0.2) is 42.0 Å². The molecule has 27 N–H and O–H groups in total. The molecule has 0 bridgehead atoms. The minimum absolute atomic E-state index is 0.0292. The molecule has 10 heterocycles. The van der Waals surface area contributed by atoms with Crippen LogP contribution in [0, 0.1) is 5.92 Å². The molecule has 33 atom stereocenters. The average molecular weight is 1730 g/mol. The van der Waals surface area contributed by atoms with Crippen LogP contribution in [0.3, 0.4) is 0 Å². The topological polar surface area (TPSA) is 674 Å². The highest BCUT2D eigenvalue weighted by atomic mass is 32.2. The van der Waals surface area contributed by atoms with Gasteiger partial charge in [0, 0.05) is 80.4 Å². The van der Waals surface area contributed by atoms with E-state index in [1.165, 1.54) is 6.07 Å². The van der Waals surface area contributed by atoms with Crippen molar-refractivity contribution >= 4 is 35.3 Å². The van der Waals surface area contributed by atoms with E-state index >= 15 is 0 Å². The fraction of sp³-hybridized carbons (Fsp3) is 0.808. The third-order valence-corrected chi connectivity index (χ3v) is 24.2. The van der Waals surface area contributed by atoms with E-state index in [9.17, 15) is 121 Å². The number of ether oxygens (including phenoxy) is 12. The first-order chi connectivity index (χ1) is 57.1. The lowest BCUT2D eigenvalue weighted by molar-refractivity contribution is -0.379. The molecule has 45 nitrogen and oxygen atoms in total. The van der Waals surface area contributed by atoms with Gasteiger partial charge in [-0.3, -0.25) is 29.2 Å². The summed E-state index contributed by atoms with van der Waals surface area (Å²) in [5, 5.41) is 223. The van der Waals surface area contributed by atoms with Gasteiger partial charge >= 0.3 is 0 Å². The average Bonchev–Trinajstić information content (AvgIpc) is 1.26. The molecular formula is C73H117N9O36S. The first-order valence-corrected chi connectivity index (χ1v) is 41.3. The maximum Gasteiger partial charge on any atom is 0.251 e. The Morgan fingerprint density at radius 2 is 0.807 bits per heavy atom. The largest absolute Gasteiger partial charge is 0.394 e. The molecule has 1 aromatic carbocycles. The Hall–Kier alpha value is -5.03. The Balaban J connectivity index is 0.592. The van der Waals surface area contributed by atoms with Crippen LogP contribution < -0.4 is 37.9 Å². The highest BCUT2D eigenvalue weighted by molar-refractivity contribution is 8.00. The van der Waals surface area contributed by atoms with Gasteiger partial charge in [0.2, 0.25) is 5.91 Å². The van der Waals surface area contributed by atoms with Crippen molar-refractivity contribution in [2.75, 3.05) is 84.8 Å². The third-order valence-electron chi connectivity index (χ3n) is 22.6. The highest BCUT2D eigenvalue weighted by Gasteiger charge is 2.57. The number of nitrogens with zero attached hydrogens (tertiary/aromatic N) is 2. The first kappa shape index (κ1) is 94.6. The second-order valence-electron chi connectivity index (χ2n) is 31.2. The molecule has 11 rings (SSSR count). The SMILES string of the molecule is O=C(CCCC[C@H]1SC[C@H]2CC(=O)N[C@H]21)Cc1cc(C(=O)NCC2=CN(CCCCCCO[C@@H]3OC(CO)[C@@H](O[C@@H]4OC(CO)[C@H](O[C@@H]5OC(CO)[C@H](O)[C@H](O)C5O)[C@H](O)C4O)[C@H](O)C3O)NN2)cc(C(=O)NCC2=CN(CCCCCO[C@@H]3OC(CO)[C@@H](O[C@@H]4OC(CO)[C@H](O[C@@H]5OC(CO)[C@H](O)[C@H](O)C5O)[C@H](O)C4O)[C@H](O)C3O)NN2)c1. The van der Waals surface area contributed by atoms with Crippen LogP contribution in [-0.2, 0) is 72.9 Å². The van der Waals surface area contributed by atoms with Crippen molar-refractivity contribution in [2.45, 2.75) is 279 Å². The summed E-state index contributed by atoms with van der Waals surface area (Å²) in [4.78, 5) is 53.6. The van der Waals surface area contributed by atoms with Crippen LogP contribution >= 0.6 is 11.8 Å². The predicted molar refractivity (Wildman–Crippen MR) is 399 cm³/mol. The van der Waals surface area contributed by atoms with Crippen LogP contribution in [0.1, 0.15) is 103 Å². The molecule has 0 aromatic heterocycles. The summed E-state index contributed by atoms with van der Waals surface area (Å²) < 4.78 is 67.7. The van der Waals surface area contributed by atoms with E-state index in [0.717, 1.165) is 18.6 Å². The number of ketones is 1. The number of benzene rings is 1. The van der Waals surface area contributed by atoms with Gasteiger partial charge in [-0.2, -0.15) is 11.8 Å². The Kier molecular flexibility index (Phi) is 35.6. The van der Waals surface area contributed by atoms with Crippen LogP contribution in [0.4, 0.5) is 0 Å². The molecule has 10 aliphatic heterocycles. The second kappa shape index (κ2) is 44.7. The van der Waals surface area contributed by atoms with Crippen LogP contribution in [0.5, 0.6) is 0 Å². The fourth-order valence-electron chi connectivity index (χ4n) is 15.8. The number of unbranched alkanes of at least 4 members (excludes halogenated alkanes) is 6. The second-order valence-corrected chi connectivity index (χ2v) is 32.5. The number of rotatable bonds is 42. The number of aliphatic hydroxyl groups is 20. The molecule has 8 fully saturated rings. The van der Waals surface area contributed by atoms with Gasteiger partial charge < -0.3 is 186 Å². The molecule has 0 saturated carbocycles.